The molecule has 2 aromatic carbocycles. The third-order valence-electron chi connectivity index (χ3n) is 3.76. The van der Waals surface area contributed by atoms with Gasteiger partial charge in [0, 0.05) is 35.4 Å². The molecule has 4 rings (SSSR count). The predicted molar refractivity (Wildman–Crippen MR) is 97.9 cm³/mol. The monoisotopic (exact) mass is 304 g/mol. The number of rotatable bonds is 3. The quantitative estimate of drug-likeness (QED) is 0.628. The topological polar surface area (TPSA) is 17.3 Å². The molecule has 1 aromatic heterocycles. The second kappa shape index (κ2) is 5.78. The van der Waals surface area contributed by atoms with E-state index in [2.05, 4.69) is 81.1 Å². The largest absolute Gasteiger partial charge is 0.342 e. The van der Waals surface area contributed by atoms with Gasteiger partial charge in [-0.2, -0.15) is 0 Å². The summed E-state index contributed by atoms with van der Waals surface area (Å²) in [5.74, 6) is 0. The Morgan fingerprint density at radius 1 is 1.00 bits per heavy atom. The number of hydrogen-bond acceptors (Lipinski definition) is 1. The fourth-order valence-electron chi connectivity index (χ4n) is 2.74. The van der Waals surface area contributed by atoms with E-state index >= 15 is 0 Å². The zero-order chi connectivity index (χ0) is 14.8. The maximum Gasteiger partial charge on any atom is 0.0582 e. The Kier molecular flexibility index (Phi) is 3.49. The summed E-state index contributed by atoms with van der Waals surface area (Å²) < 4.78 is 2.33. The van der Waals surface area contributed by atoms with Crippen molar-refractivity contribution in [2.75, 3.05) is 0 Å². The van der Waals surface area contributed by atoms with E-state index in [1.54, 1.807) is 0 Å². The van der Waals surface area contributed by atoms with Gasteiger partial charge in [0.1, 0.15) is 0 Å². The van der Waals surface area contributed by atoms with Gasteiger partial charge in [-0.15, -0.1) is 10.5 Å². The molecule has 0 spiro atoms. The highest BCUT2D eigenvalue weighted by molar-refractivity contribution is 8.29. The molecule has 1 aliphatic heterocycles. The van der Waals surface area contributed by atoms with E-state index in [0.717, 1.165) is 6.54 Å². The van der Waals surface area contributed by atoms with Crippen LogP contribution < -0.4 is 0 Å². The number of nitrogens with zero attached hydrogens (tertiary/aromatic N) is 2. The molecule has 0 saturated carbocycles. The van der Waals surface area contributed by atoms with Crippen molar-refractivity contribution in [2.45, 2.75) is 6.54 Å². The smallest absolute Gasteiger partial charge is 0.0582 e. The first-order valence-corrected chi connectivity index (χ1v) is 8.69. The Morgan fingerprint density at radius 2 is 1.82 bits per heavy atom. The number of para-hydroxylation sites is 1. The lowest BCUT2D eigenvalue weighted by molar-refractivity contribution is 0.836. The lowest BCUT2D eigenvalue weighted by atomic mass is 10.2. The first kappa shape index (κ1) is 13.3. The molecule has 2 nitrogen and oxygen atoms in total. The molecule has 22 heavy (non-hydrogen) atoms. The molecule has 108 valence electrons. The summed E-state index contributed by atoms with van der Waals surface area (Å²) in [7, 11) is 0.0220. The summed E-state index contributed by atoms with van der Waals surface area (Å²) in [5.41, 5.74) is 5.89. The van der Waals surface area contributed by atoms with Gasteiger partial charge in [-0.3, -0.25) is 4.99 Å². The van der Waals surface area contributed by atoms with Crippen LogP contribution in [-0.4, -0.2) is 15.5 Å². The van der Waals surface area contributed by atoms with Gasteiger partial charge in [-0.25, -0.2) is 0 Å². The number of hydrogen-bond donors (Lipinski definition) is 0. The second-order valence-corrected chi connectivity index (χ2v) is 6.82. The van der Waals surface area contributed by atoms with Gasteiger partial charge in [-0.05, 0) is 22.4 Å². The van der Waals surface area contributed by atoms with Crippen LogP contribution in [0.1, 0.15) is 11.1 Å². The maximum atomic E-state index is 4.18. The molecule has 0 aliphatic carbocycles. The van der Waals surface area contributed by atoms with Crippen LogP contribution >= 0.6 is 10.5 Å². The molecule has 0 bridgehead atoms. The summed E-state index contributed by atoms with van der Waals surface area (Å²) in [6.45, 7) is 0.896. The standard InChI is InChI=1S/C19H16N2S/c1-2-6-16(7-3-1)12-21-13-17(14-22-11-10-20-15-22)18-8-4-5-9-19(18)21/h1-11,13-15H,12H2. The van der Waals surface area contributed by atoms with Crippen molar-refractivity contribution in [3.05, 3.63) is 83.5 Å². The van der Waals surface area contributed by atoms with Crippen LogP contribution in [0, 0.1) is 0 Å². The van der Waals surface area contributed by atoms with E-state index in [1.165, 1.54) is 22.0 Å². The van der Waals surface area contributed by atoms with Crippen LogP contribution in [0.15, 0.2) is 77.4 Å². The van der Waals surface area contributed by atoms with Gasteiger partial charge in [0.15, 0.2) is 0 Å². The highest BCUT2D eigenvalue weighted by Gasteiger charge is 2.07. The van der Waals surface area contributed by atoms with E-state index < -0.39 is 0 Å². The minimum absolute atomic E-state index is 0.0220. The number of fused-ring (bicyclic) bond motifs is 1. The predicted octanol–water partition coefficient (Wildman–Crippen LogP) is 4.62. The summed E-state index contributed by atoms with van der Waals surface area (Å²) >= 11 is 0. The summed E-state index contributed by atoms with van der Waals surface area (Å²) in [6.07, 6.45) is 4.13. The molecule has 0 N–H and O–H groups in total. The van der Waals surface area contributed by atoms with Crippen molar-refractivity contribution in [2.24, 2.45) is 4.99 Å². The molecule has 0 fully saturated rings. The average molecular weight is 304 g/mol. The molecule has 1 unspecified atom stereocenters. The second-order valence-electron chi connectivity index (χ2n) is 5.28. The molecule has 0 saturated heterocycles. The van der Waals surface area contributed by atoms with E-state index in [0.29, 0.717) is 0 Å². The highest BCUT2D eigenvalue weighted by Crippen LogP contribution is 2.25. The van der Waals surface area contributed by atoms with Crippen molar-refractivity contribution in [3.63, 3.8) is 0 Å². The molecule has 0 amide bonds. The third kappa shape index (κ3) is 2.55. The van der Waals surface area contributed by atoms with Crippen LogP contribution in [0.2, 0.25) is 0 Å². The van der Waals surface area contributed by atoms with Gasteiger partial charge < -0.3 is 4.57 Å². The van der Waals surface area contributed by atoms with Crippen molar-refractivity contribution in [1.29, 1.82) is 0 Å². The highest BCUT2D eigenvalue weighted by atomic mass is 32.2. The first-order valence-electron chi connectivity index (χ1n) is 7.27. The fraction of sp³-hybridized carbons (Fsp3) is 0.0526. The number of benzene rings is 2. The SMILES string of the molecule is C1=C/S(=C\c2cn(Cc3ccccc3)c3ccccc23)C=N1. The molecule has 1 atom stereocenters. The fourth-order valence-corrected chi connectivity index (χ4v) is 3.85. The summed E-state index contributed by atoms with van der Waals surface area (Å²) in [4.78, 5) is 4.18. The zero-order valence-electron chi connectivity index (χ0n) is 12.1. The van der Waals surface area contributed by atoms with Gasteiger partial charge >= 0.3 is 0 Å². The number of aromatic nitrogens is 1. The Labute approximate surface area is 132 Å². The van der Waals surface area contributed by atoms with Gasteiger partial charge in [0.2, 0.25) is 0 Å². The van der Waals surface area contributed by atoms with Crippen LogP contribution in [-0.2, 0) is 6.54 Å². The normalized spacial score (nSPS) is 16.8. The van der Waals surface area contributed by atoms with Crippen LogP contribution in [0.3, 0.4) is 0 Å². The molecule has 2 heterocycles. The molecule has 3 aromatic rings. The molecular weight excluding hydrogens is 288 g/mol. The molecule has 3 heteroatoms. The lowest BCUT2D eigenvalue weighted by Crippen LogP contribution is -1.97. The third-order valence-corrected chi connectivity index (χ3v) is 5.09. The van der Waals surface area contributed by atoms with Crippen LogP contribution in [0.5, 0.6) is 0 Å². The van der Waals surface area contributed by atoms with E-state index in [9.17, 15) is 0 Å². The Hall–Kier alpha value is -2.39. The summed E-state index contributed by atoms with van der Waals surface area (Å²) in [5, 5.41) is 5.75. The first-order chi connectivity index (χ1) is 10.9. The van der Waals surface area contributed by atoms with Crippen molar-refractivity contribution in [3.8, 4) is 0 Å². The van der Waals surface area contributed by atoms with Crippen LogP contribution in [0.25, 0.3) is 10.9 Å². The van der Waals surface area contributed by atoms with E-state index in [4.69, 9.17) is 0 Å². The Morgan fingerprint density at radius 3 is 2.64 bits per heavy atom. The summed E-state index contributed by atoms with van der Waals surface area (Å²) in [6, 6.07) is 19.2. The van der Waals surface area contributed by atoms with Crippen molar-refractivity contribution < 1.29 is 0 Å². The molecule has 0 radical (unpaired) electrons. The van der Waals surface area contributed by atoms with Crippen molar-refractivity contribution >= 4 is 32.3 Å². The maximum absolute atomic E-state index is 4.18. The van der Waals surface area contributed by atoms with Crippen LogP contribution in [0.4, 0.5) is 0 Å². The van der Waals surface area contributed by atoms with Gasteiger partial charge in [0.25, 0.3) is 0 Å². The molecular formula is C19H16N2S. The zero-order valence-corrected chi connectivity index (χ0v) is 12.9. The molecule has 1 aliphatic rings. The minimum Gasteiger partial charge on any atom is -0.342 e. The van der Waals surface area contributed by atoms with E-state index in [-0.39, 0.29) is 10.5 Å². The van der Waals surface area contributed by atoms with Crippen molar-refractivity contribution in [1.82, 2.24) is 4.57 Å². The van der Waals surface area contributed by atoms with Gasteiger partial charge in [-0.1, -0.05) is 48.5 Å². The lowest BCUT2D eigenvalue weighted by Gasteiger charge is -2.05. The Balaban J connectivity index is 1.80. The minimum atomic E-state index is 0.0220. The Bertz CT molecular complexity index is 888. The van der Waals surface area contributed by atoms with Gasteiger partial charge in [0.05, 0.1) is 5.55 Å². The number of aliphatic imine (C=N–C) groups is 1. The average Bonchev–Trinajstić information content (AvgIpc) is 3.18. The van der Waals surface area contributed by atoms with E-state index in [1.807, 2.05) is 11.7 Å².